The molecule has 0 atom stereocenters. The summed E-state index contributed by atoms with van der Waals surface area (Å²) in [5.74, 6) is 0. The molecule has 0 fully saturated rings. The van der Waals surface area contributed by atoms with Gasteiger partial charge in [-0.1, -0.05) is 6.07 Å². The van der Waals surface area contributed by atoms with E-state index in [-0.39, 0.29) is 20.4 Å². The van der Waals surface area contributed by atoms with Crippen LogP contribution in [0.15, 0.2) is 6.07 Å². The molecule has 0 aliphatic carbocycles. The number of hydrogen-bond donors (Lipinski definition) is 0. The van der Waals surface area contributed by atoms with Crippen molar-refractivity contribution in [2.45, 2.75) is 61.4 Å². The average Bonchev–Trinajstić information content (AvgIpc) is 2.65. The Balaban J connectivity index is 0.00000220. The second kappa shape index (κ2) is 6.46. The third-order valence-corrected chi connectivity index (χ3v) is 4.43. The number of aryl methyl sites for hydroxylation is 3. The number of aromatic nitrogens is 2. The quantitative estimate of drug-likeness (QED) is 0.676. The van der Waals surface area contributed by atoms with Crippen molar-refractivity contribution >= 4 is 0 Å². The van der Waals surface area contributed by atoms with Crippen LogP contribution in [-0.2, 0) is 20.4 Å². The summed E-state index contributed by atoms with van der Waals surface area (Å²) in [6.07, 6.45) is 0. The summed E-state index contributed by atoms with van der Waals surface area (Å²) < 4.78 is 2.14. The predicted octanol–water partition coefficient (Wildman–Crippen LogP) is 4.98. The van der Waals surface area contributed by atoms with Crippen LogP contribution >= 0.6 is 0 Å². The van der Waals surface area contributed by atoms with Crippen molar-refractivity contribution in [2.24, 2.45) is 0 Å². The molecular weight excluding hydrogens is 351 g/mol. The molecule has 0 unspecified atom stereocenters. The fourth-order valence-electron chi connectivity index (χ4n) is 3.12. The Kier molecular flexibility index (Phi) is 5.58. The van der Waals surface area contributed by atoms with E-state index in [9.17, 15) is 0 Å². The van der Waals surface area contributed by atoms with E-state index in [2.05, 4.69) is 66.1 Å². The van der Waals surface area contributed by atoms with Gasteiger partial charge in [-0.3, -0.25) is 4.68 Å². The molecule has 0 aliphatic rings. The zero-order chi connectivity index (χ0) is 15.2. The molecule has 0 amide bonds. The van der Waals surface area contributed by atoms with Crippen LogP contribution in [0.25, 0.3) is 11.1 Å². The molecular formula is C18H26N2Pd. The number of hydrogen-bond acceptors (Lipinski definition) is 1. The van der Waals surface area contributed by atoms with Gasteiger partial charge in [-0.2, -0.15) is 5.10 Å². The monoisotopic (exact) mass is 376 g/mol. The first-order valence-electron chi connectivity index (χ1n) is 7.39. The normalized spacial score (nSPS) is 10.9. The molecule has 2 nitrogen and oxygen atoms in total. The van der Waals surface area contributed by atoms with Crippen LogP contribution in [0, 0.1) is 41.5 Å². The van der Waals surface area contributed by atoms with Crippen LogP contribution in [0.4, 0.5) is 0 Å². The minimum absolute atomic E-state index is 0. The molecule has 0 aliphatic heterocycles. The molecule has 1 aromatic heterocycles. The van der Waals surface area contributed by atoms with Gasteiger partial charge in [0.2, 0.25) is 0 Å². The molecule has 21 heavy (non-hydrogen) atoms. The number of benzene rings is 1. The molecule has 2 aromatic rings. The molecule has 0 saturated carbocycles. The van der Waals surface area contributed by atoms with Crippen molar-refractivity contribution < 1.29 is 20.4 Å². The molecule has 3 heteroatoms. The summed E-state index contributed by atoms with van der Waals surface area (Å²) in [4.78, 5) is 0. The Hall–Kier alpha value is -0.908. The van der Waals surface area contributed by atoms with Gasteiger partial charge in [0.1, 0.15) is 0 Å². The van der Waals surface area contributed by atoms with Gasteiger partial charge in [0.15, 0.2) is 0 Å². The van der Waals surface area contributed by atoms with Gasteiger partial charge < -0.3 is 0 Å². The Morgan fingerprint density at radius 3 is 1.71 bits per heavy atom. The number of rotatable bonds is 2. The molecule has 1 aromatic carbocycles. The van der Waals surface area contributed by atoms with Gasteiger partial charge in [-0.25, -0.2) is 0 Å². The summed E-state index contributed by atoms with van der Waals surface area (Å²) >= 11 is 0. The van der Waals surface area contributed by atoms with Gasteiger partial charge in [-0.05, 0) is 83.2 Å². The third kappa shape index (κ3) is 3.00. The average molecular weight is 377 g/mol. The van der Waals surface area contributed by atoms with Crippen molar-refractivity contribution in [1.82, 2.24) is 9.78 Å². The van der Waals surface area contributed by atoms with Gasteiger partial charge in [0.05, 0.1) is 5.69 Å². The fraction of sp³-hybridized carbons (Fsp3) is 0.500. The second-order valence-electron chi connectivity index (χ2n) is 6.22. The van der Waals surface area contributed by atoms with Crippen molar-refractivity contribution in [3.63, 3.8) is 0 Å². The first-order valence-corrected chi connectivity index (χ1v) is 7.39. The Labute approximate surface area is 142 Å². The zero-order valence-corrected chi connectivity index (χ0v) is 15.9. The topological polar surface area (TPSA) is 17.8 Å². The first-order chi connectivity index (χ1) is 9.25. The second-order valence-corrected chi connectivity index (χ2v) is 6.22. The molecule has 1 heterocycles. The van der Waals surface area contributed by atoms with E-state index in [4.69, 9.17) is 5.10 Å². The smallest absolute Gasteiger partial charge is 0.0675 e. The van der Waals surface area contributed by atoms with Crippen molar-refractivity contribution in [3.05, 3.63) is 39.7 Å². The van der Waals surface area contributed by atoms with Crippen LogP contribution in [0.5, 0.6) is 0 Å². The van der Waals surface area contributed by atoms with Crippen LogP contribution in [0.2, 0.25) is 0 Å². The van der Waals surface area contributed by atoms with E-state index in [1.54, 1.807) is 0 Å². The summed E-state index contributed by atoms with van der Waals surface area (Å²) in [5, 5.41) is 4.74. The van der Waals surface area contributed by atoms with Gasteiger partial charge in [0, 0.05) is 37.7 Å². The molecule has 0 saturated heterocycles. The summed E-state index contributed by atoms with van der Waals surface area (Å²) in [7, 11) is 0. The fourth-order valence-corrected chi connectivity index (χ4v) is 3.12. The molecule has 2 rings (SSSR count). The summed E-state index contributed by atoms with van der Waals surface area (Å²) in [5.41, 5.74) is 10.6. The standard InChI is InChI=1S/C18H26N2.Pd/c1-10(2)20-16(8)18(15(7)19-20)17-13(5)11(3)9-12(4)14(17)6;/h9-10H,1-8H3;. The largest absolute Gasteiger partial charge is 0.266 e. The van der Waals surface area contributed by atoms with E-state index < -0.39 is 0 Å². The molecule has 0 radical (unpaired) electrons. The van der Waals surface area contributed by atoms with Crippen LogP contribution in [-0.4, -0.2) is 9.78 Å². The van der Waals surface area contributed by atoms with Crippen LogP contribution < -0.4 is 0 Å². The maximum atomic E-state index is 4.74. The SMILES string of the molecule is Cc1cc(C)c(C)c(-c2c(C)nn(C(C)C)c2C)c1C.[Pd]. The molecule has 0 N–H and O–H groups in total. The predicted molar refractivity (Wildman–Crippen MR) is 86.5 cm³/mol. The van der Waals surface area contributed by atoms with E-state index in [0.717, 1.165) is 5.69 Å². The maximum absolute atomic E-state index is 4.74. The van der Waals surface area contributed by atoms with E-state index >= 15 is 0 Å². The minimum Gasteiger partial charge on any atom is -0.266 e. The molecule has 0 bridgehead atoms. The van der Waals surface area contributed by atoms with Crippen LogP contribution in [0.1, 0.15) is 53.5 Å². The molecule has 0 spiro atoms. The van der Waals surface area contributed by atoms with Gasteiger partial charge in [0.25, 0.3) is 0 Å². The minimum atomic E-state index is 0. The Morgan fingerprint density at radius 1 is 0.857 bits per heavy atom. The van der Waals surface area contributed by atoms with Crippen molar-refractivity contribution in [1.29, 1.82) is 0 Å². The van der Waals surface area contributed by atoms with Crippen LogP contribution in [0.3, 0.4) is 0 Å². The molecule has 118 valence electrons. The number of nitrogens with zero attached hydrogens (tertiary/aromatic N) is 2. The summed E-state index contributed by atoms with van der Waals surface area (Å²) in [6, 6.07) is 2.68. The van der Waals surface area contributed by atoms with Gasteiger partial charge >= 0.3 is 0 Å². The maximum Gasteiger partial charge on any atom is 0.0675 e. The Bertz CT molecular complexity index is 640. The van der Waals surface area contributed by atoms with E-state index in [1.807, 2.05) is 0 Å². The third-order valence-electron chi connectivity index (χ3n) is 4.43. The van der Waals surface area contributed by atoms with Gasteiger partial charge in [-0.15, -0.1) is 0 Å². The van der Waals surface area contributed by atoms with Crippen molar-refractivity contribution in [2.75, 3.05) is 0 Å². The van der Waals surface area contributed by atoms with E-state index in [1.165, 1.54) is 39.1 Å². The summed E-state index contributed by atoms with van der Waals surface area (Å²) in [6.45, 7) is 17.5. The zero-order valence-electron chi connectivity index (χ0n) is 14.4. The van der Waals surface area contributed by atoms with E-state index in [0.29, 0.717) is 6.04 Å². The van der Waals surface area contributed by atoms with Crippen molar-refractivity contribution in [3.8, 4) is 11.1 Å². The Morgan fingerprint density at radius 2 is 1.33 bits per heavy atom. The first kappa shape index (κ1) is 18.1.